The van der Waals surface area contributed by atoms with E-state index in [0.29, 0.717) is 11.6 Å². The number of nitrogen functional groups attached to an aromatic ring is 1. The molecule has 4 nitrogen and oxygen atoms in total. The van der Waals surface area contributed by atoms with E-state index < -0.39 is 11.2 Å². The molecule has 0 saturated heterocycles. The monoisotopic (exact) mass is 260 g/mol. The lowest BCUT2D eigenvalue weighted by molar-refractivity contribution is -0.136. The minimum Gasteiger partial charge on any atom is -0.480 e. The SMILES string of the molecule is CCCCC(Sc1sc(N)nc1C)C(=O)O. The van der Waals surface area contributed by atoms with E-state index >= 15 is 0 Å². The van der Waals surface area contributed by atoms with Crippen molar-refractivity contribution >= 4 is 34.2 Å². The molecule has 1 atom stereocenters. The first-order valence-corrected chi connectivity index (χ1v) is 6.86. The van der Waals surface area contributed by atoms with Crippen molar-refractivity contribution in [2.75, 3.05) is 5.73 Å². The molecule has 0 spiro atoms. The van der Waals surface area contributed by atoms with Gasteiger partial charge in [-0.3, -0.25) is 4.79 Å². The molecule has 0 aliphatic carbocycles. The number of anilines is 1. The van der Waals surface area contributed by atoms with Crippen molar-refractivity contribution in [2.45, 2.75) is 42.6 Å². The maximum Gasteiger partial charge on any atom is 0.317 e. The first-order chi connectivity index (χ1) is 7.54. The van der Waals surface area contributed by atoms with E-state index in [4.69, 9.17) is 10.8 Å². The van der Waals surface area contributed by atoms with Crippen LogP contribution in [0.1, 0.15) is 31.9 Å². The van der Waals surface area contributed by atoms with Crippen LogP contribution in [0, 0.1) is 6.92 Å². The largest absolute Gasteiger partial charge is 0.480 e. The van der Waals surface area contributed by atoms with Crippen molar-refractivity contribution in [1.82, 2.24) is 4.98 Å². The van der Waals surface area contributed by atoms with Crippen LogP contribution in [0.25, 0.3) is 0 Å². The Bertz CT molecular complexity index is 366. The highest BCUT2D eigenvalue weighted by Gasteiger charge is 2.20. The summed E-state index contributed by atoms with van der Waals surface area (Å²) in [6.45, 7) is 3.91. The van der Waals surface area contributed by atoms with E-state index in [1.807, 2.05) is 6.92 Å². The first kappa shape index (κ1) is 13.3. The summed E-state index contributed by atoms with van der Waals surface area (Å²) < 4.78 is 0.918. The van der Waals surface area contributed by atoms with Gasteiger partial charge in [0.15, 0.2) is 5.13 Å². The molecule has 0 fully saturated rings. The topological polar surface area (TPSA) is 76.2 Å². The fourth-order valence-corrected chi connectivity index (χ4v) is 3.49. The standard InChI is InChI=1S/C10H16N2O2S2/c1-3-4-5-7(8(13)14)15-9-6(2)12-10(11)16-9/h7H,3-5H2,1-2H3,(H2,11,12)(H,13,14). The van der Waals surface area contributed by atoms with Crippen molar-refractivity contribution < 1.29 is 9.90 Å². The van der Waals surface area contributed by atoms with Crippen LogP contribution in [-0.2, 0) is 4.79 Å². The molecule has 0 radical (unpaired) electrons. The number of aromatic nitrogens is 1. The second-order valence-electron chi connectivity index (χ2n) is 3.51. The van der Waals surface area contributed by atoms with Crippen molar-refractivity contribution in [3.8, 4) is 0 Å². The lowest BCUT2D eigenvalue weighted by Gasteiger charge is -2.09. The predicted molar refractivity (Wildman–Crippen MR) is 68.1 cm³/mol. The minimum absolute atomic E-state index is 0.390. The molecule has 1 unspecified atom stereocenters. The van der Waals surface area contributed by atoms with Gasteiger partial charge in [-0.15, -0.1) is 0 Å². The fourth-order valence-electron chi connectivity index (χ4n) is 1.26. The second-order valence-corrected chi connectivity index (χ2v) is 6.01. The summed E-state index contributed by atoms with van der Waals surface area (Å²) in [7, 11) is 0. The highest BCUT2D eigenvalue weighted by Crippen LogP contribution is 2.35. The molecule has 1 heterocycles. The number of thiazole rings is 1. The summed E-state index contributed by atoms with van der Waals surface area (Å²) >= 11 is 2.72. The molecule has 0 aliphatic heterocycles. The number of unbranched alkanes of at least 4 members (excludes halogenated alkanes) is 1. The molecule has 0 aliphatic rings. The maximum absolute atomic E-state index is 11.1. The number of carbonyl (C=O) groups is 1. The van der Waals surface area contributed by atoms with E-state index in [2.05, 4.69) is 11.9 Å². The smallest absolute Gasteiger partial charge is 0.317 e. The first-order valence-electron chi connectivity index (χ1n) is 5.17. The third-order valence-corrected chi connectivity index (χ3v) is 4.67. The number of thioether (sulfide) groups is 1. The van der Waals surface area contributed by atoms with E-state index in [0.717, 1.165) is 22.7 Å². The Morgan fingerprint density at radius 1 is 1.69 bits per heavy atom. The summed E-state index contributed by atoms with van der Waals surface area (Å²) in [5.74, 6) is -0.759. The average molecular weight is 260 g/mol. The van der Waals surface area contributed by atoms with Gasteiger partial charge in [0.05, 0.1) is 9.90 Å². The molecule has 1 aromatic rings. The van der Waals surface area contributed by atoms with Crippen LogP contribution in [0.5, 0.6) is 0 Å². The summed E-state index contributed by atoms with van der Waals surface area (Å²) in [4.78, 5) is 15.1. The quantitative estimate of drug-likeness (QED) is 0.769. The van der Waals surface area contributed by atoms with E-state index in [1.54, 1.807) is 0 Å². The zero-order chi connectivity index (χ0) is 12.1. The van der Waals surface area contributed by atoms with Crippen LogP contribution in [-0.4, -0.2) is 21.3 Å². The number of nitrogens with zero attached hydrogens (tertiary/aromatic N) is 1. The molecule has 0 amide bonds. The van der Waals surface area contributed by atoms with Crippen molar-refractivity contribution in [3.05, 3.63) is 5.69 Å². The minimum atomic E-state index is -0.759. The van der Waals surface area contributed by atoms with Gasteiger partial charge in [0, 0.05) is 0 Å². The summed E-state index contributed by atoms with van der Waals surface area (Å²) in [5.41, 5.74) is 6.41. The van der Waals surface area contributed by atoms with E-state index in [-0.39, 0.29) is 0 Å². The Kier molecular flexibility index (Phi) is 5.08. The van der Waals surface area contributed by atoms with Gasteiger partial charge in [-0.1, -0.05) is 42.9 Å². The molecule has 0 aromatic carbocycles. The lowest BCUT2D eigenvalue weighted by atomic mass is 10.2. The van der Waals surface area contributed by atoms with Gasteiger partial charge in [-0.25, -0.2) is 4.98 Å². The van der Waals surface area contributed by atoms with Crippen molar-refractivity contribution in [1.29, 1.82) is 0 Å². The molecule has 1 aromatic heterocycles. The van der Waals surface area contributed by atoms with Gasteiger partial charge in [0.25, 0.3) is 0 Å². The Morgan fingerprint density at radius 3 is 2.81 bits per heavy atom. The van der Waals surface area contributed by atoms with Crippen LogP contribution in [0.4, 0.5) is 5.13 Å². The number of nitrogens with two attached hydrogens (primary N) is 1. The Labute approximate surface area is 103 Å². The Hall–Kier alpha value is -0.750. The van der Waals surface area contributed by atoms with Crippen LogP contribution >= 0.6 is 23.1 Å². The zero-order valence-corrected chi connectivity index (χ0v) is 11.0. The molecule has 3 N–H and O–H groups in total. The maximum atomic E-state index is 11.1. The van der Waals surface area contributed by atoms with Crippen LogP contribution < -0.4 is 5.73 Å². The highest BCUT2D eigenvalue weighted by molar-refractivity contribution is 8.02. The van der Waals surface area contributed by atoms with E-state index in [9.17, 15) is 4.79 Å². The Balaban J connectivity index is 2.67. The third-order valence-electron chi connectivity index (χ3n) is 2.12. The van der Waals surface area contributed by atoms with Crippen molar-refractivity contribution in [3.63, 3.8) is 0 Å². The predicted octanol–water partition coefficient (Wildman–Crippen LogP) is 2.77. The summed E-state index contributed by atoms with van der Waals surface area (Å²) in [6, 6.07) is 0. The van der Waals surface area contributed by atoms with E-state index in [1.165, 1.54) is 23.1 Å². The number of carboxylic acid groups (broad SMARTS) is 1. The van der Waals surface area contributed by atoms with Crippen LogP contribution in [0.2, 0.25) is 0 Å². The lowest BCUT2D eigenvalue weighted by Crippen LogP contribution is -2.15. The molecule has 0 bridgehead atoms. The van der Waals surface area contributed by atoms with Gasteiger partial charge < -0.3 is 10.8 Å². The van der Waals surface area contributed by atoms with Crippen LogP contribution in [0.3, 0.4) is 0 Å². The number of hydrogen-bond donors (Lipinski definition) is 2. The van der Waals surface area contributed by atoms with Crippen LogP contribution in [0.15, 0.2) is 4.21 Å². The van der Waals surface area contributed by atoms with Gasteiger partial charge >= 0.3 is 5.97 Å². The number of carboxylic acids is 1. The van der Waals surface area contributed by atoms with Gasteiger partial charge in [0.2, 0.25) is 0 Å². The highest BCUT2D eigenvalue weighted by atomic mass is 32.2. The number of aryl methyl sites for hydroxylation is 1. The summed E-state index contributed by atoms with van der Waals surface area (Å²) in [5, 5.41) is 9.20. The molecule has 1 rings (SSSR count). The molecule has 0 saturated carbocycles. The molecule has 90 valence electrons. The van der Waals surface area contributed by atoms with Crippen molar-refractivity contribution in [2.24, 2.45) is 0 Å². The zero-order valence-electron chi connectivity index (χ0n) is 9.40. The molecular formula is C10H16N2O2S2. The summed E-state index contributed by atoms with van der Waals surface area (Å²) in [6.07, 6.45) is 2.62. The normalized spacial score (nSPS) is 12.6. The van der Waals surface area contributed by atoms with Gasteiger partial charge in [0.1, 0.15) is 5.25 Å². The molecule has 6 heteroatoms. The number of hydrogen-bond acceptors (Lipinski definition) is 5. The average Bonchev–Trinajstić information content (AvgIpc) is 2.51. The molecular weight excluding hydrogens is 244 g/mol. The second kappa shape index (κ2) is 6.10. The third kappa shape index (κ3) is 3.68. The molecule has 16 heavy (non-hydrogen) atoms. The number of aliphatic carboxylic acids is 1. The Morgan fingerprint density at radius 2 is 2.38 bits per heavy atom. The fraction of sp³-hybridized carbons (Fsp3) is 0.600. The van der Waals surface area contributed by atoms with Gasteiger partial charge in [-0.05, 0) is 13.3 Å². The van der Waals surface area contributed by atoms with Gasteiger partial charge in [-0.2, -0.15) is 0 Å². The number of rotatable bonds is 6.